The number of nitrogens with one attached hydrogen (secondary N) is 1. The Bertz CT molecular complexity index is 581. The third kappa shape index (κ3) is 3.14. The molecule has 0 atom stereocenters. The Balaban J connectivity index is 1.68. The molecule has 5 heteroatoms. The summed E-state index contributed by atoms with van der Waals surface area (Å²) in [7, 11) is 0. The van der Waals surface area contributed by atoms with Crippen LogP contribution < -0.4 is 5.32 Å². The first-order valence-corrected chi connectivity index (χ1v) is 6.73. The minimum Gasteiger partial charge on any atom is -0.441 e. The van der Waals surface area contributed by atoms with Crippen LogP contribution in [-0.2, 0) is 6.42 Å². The van der Waals surface area contributed by atoms with Crippen molar-refractivity contribution in [3.05, 3.63) is 41.1 Å². The topological polar surface area (TPSA) is 38.1 Å². The van der Waals surface area contributed by atoms with Gasteiger partial charge >= 0.3 is 0 Å². The van der Waals surface area contributed by atoms with Gasteiger partial charge in [0.05, 0.1) is 11.8 Å². The van der Waals surface area contributed by atoms with Gasteiger partial charge in [-0.1, -0.05) is 11.6 Å². The molecule has 3 nitrogen and oxygen atoms in total. The predicted molar refractivity (Wildman–Crippen MR) is 71.6 cm³/mol. The van der Waals surface area contributed by atoms with Crippen LogP contribution in [0.25, 0.3) is 11.3 Å². The van der Waals surface area contributed by atoms with Crippen molar-refractivity contribution >= 4 is 11.6 Å². The molecule has 0 radical (unpaired) electrons. The Morgan fingerprint density at radius 3 is 3.00 bits per heavy atom. The second-order valence-corrected chi connectivity index (χ2v) is 5.16. The maximum Gasteiger partial charge on any atom is 0.196 e. The van der Waals surface area contributed by atoms with Crippen molar-refractivity contribution < 1.29 is 8.81 Å². The average molecular weight is 281 g/mol. The highest BCUT2D eigenvalue weighted by Gasteiger charge is 2.20. The normalized spacial score (nSPS) is 14.8. The lowest BCUT2D eigenvalue weighted by Crippen LogP contribution is -2.19. The minimum absolute atomic E-state index is 0.370. The van der Waals surface area contributed by atoms with E-state index in [4.69, 9.17) is 16.0 Å². The summed E-state index contributed by atoms with van der Waals surface area (Å²) in [5, 5.41) is 3.75. The number of halogens is 2. The molecule has 1 aromatic heterocycles. The van der Waals surface area contributed by atoms with Gasteiger partial charge < -0.3 is 9.73 Å². The molecule has 0 saturated heterocycles. The number of hydrogen-bond acceptors (Lipinski definition) is 3. The van der Waals surface area contributed by atoms with E-state index >= 15 is 0 Å². The summed E-state index contributed by atoms with van der Waals surface area (Å²) >= 11 is 5.72. The maximum absolute atomic E-state index is 13.7. The van der Waals surface area contributed by atoms with Gasteiger partial charge in [-0.15, -0.1) is 0 Å². The van der Waals surface area contributed by atoms with Crippen molar-refractivity contribution in [3.8, 4) is 11.3 Å². The zero-order chi connectivity index (χ0) is 13.2. The fourth-order valence-corrected chi connectivity index (χ4v) is 2.07. The number of hydrogen-bond donors (Lipinski definition) is 1. The molecule has 1 N–H and O–H groups in total. The second-order valence-electron chi connectivity index (χ2n) is 4.72. The van der Waals surface area contributed by atoms with Crippen LogP contribution in [-0.4, -0.2) is 17.6 Å². The standard InChI is InChI=1S/C14H14ClFN2O/c15-9-1-4-11(12(16)7-9)13-8-18-14(19-13)5-6-17-10-2-3-10/h1,4,7-8,10,17H,2-3,5-6H2. The van der Waals surface area contributed by atoms with Crippen molar-refractivity contribution in [3.63, 3.8) is 0 Å². The molecule has 100 valence electrons. The van der Waals surface area contributed by atoms with Crippen LogP contribution >= 0.6 is 11.6 Å². The van der Waals surface area contributed by atoms with Gasteiger partial charge in [0.25, 0.3) is 0 Å². The number of oxazole rings is 1. The van der Waals surface area contributed by atoms with Crippen LogP contribution in [0.1, 0.15) is 18.7 Å². The Labute approximate surface area is 115 Å². The van der Waals surface area contributed by atoms with Crippen LogP contribution in [0, 0.1) is 5.82 Å². The zero-order valence-corrected chi connectivity index (χ0v) is 11.1. The van der Waals surface area contributed by atoms with E-state index in [0.29, 0.717) is 34.7 Å². The van der Waals surface area contributed by atoms with Gasteiger partial charge in [-0.25, -0.2) is 9.37 Å². The molecule has 1 aliphatic rings. The molecule has 19 heavy (non-hydrogen) atoms. The quantitative estimate of drug-likeness (QED) is 0.912. The SMILES string of the molecule is Fc1cc(Cl)ccc1-c1cnc(CCNC2CC2)o1. The molecule has 2 aromatic rings. The lowest BCUT2D eigenvalue weighted by Gasteiger charge is -2.00. The van der Waals surface area contributed by atoms with E-state index in [-0.39, 0.29) is 0 Å². The smallest absolute Gasteiger partial charge is 0.196 e. The highest BCUT2D eigenvalue weighted by molar-refractivity contribution is 6.30. The van der Waals surface area contributed by atoms with Gasteiger partial charge in [-0.2, -0.15) is 0 Å². The van der Waals surface area contributed by atoms with Crippen molar-refractivity contribution in [2.75, 3.05) is 6.54 Å². The van der Waals surface area contributed by atoms with E-state index in [1.165, 1.54) is 18.9 Å². The summed E-state index contributed by atoms with van der Waals surface area (Å²) in [6.45, 7) is 0.841. The molecule has 1 saturated carbocycles. The van der Waals surface area contributed by atoms with Gasteiger partial charge in [-0.05, 0) is 31.0 Å². The van der Waals surface area contributed by atoms with Gasteiger partial charge in [0.2, 0.25) is 0 Å². The second kappa shape index (κ2) is 5.31. The monoisotopic (exact) mass is 280 g/mol. The third-order valence-electron chi connectivity index (χ3n) is 3.10. The molecule has 0 unspecified atom stereocenters. The Kier molecular flexibility index (Phi) is 3.53. The fraction of sp³-hybridized carbons (Fsp3) is 0.357. The van der Waals surface area contributed by atoms with Crippen LogP contribution in [0.5, 0.6) is 0 Å². The first-order valence-electron chi connectivity index (χ1n) is 6.36. The molecule has 1 aromatic carbocycles. The van der Waals surface area contributed by atoms with Gasteiger partial charge in [0.15, 0.2) is 11.7 Å². The number of benzene rings is 1. The fourth-order valence-electron chi connectivity index (χ4n) is 1.91. The Hall–Kier alpha value is -1.39. The van der Waals surface area contributed by atoms with E-state index in [1.807, 2.05) is 0 Å². The third-order valence-corrected chi connectivity index (χ3v) is 3.33. The van der Waals surface area contributed by atoms with E-state index in [2.05, 4.69) is 10.3 Å². The van der Waals surface area contributed by atoms with Gasteiger partial charge in [0, 0.05) is 24.0 Å². The molecule has 0 spiro atoms. The van der Waals surface area contributed by atoms with E-state index < -0.39 is 5.82 Å². The molecular formula is C14H14ClFN2O. The molecule has 0 amide bonds. The molecular weight excluding hydrogens is 267 g/mol. The minimum atomic E-state index is -0.397. The van der Waals surface area contributed by atoms with Crippen molar-refractivity contribution in [1.82, 2.24) is 10.3 Å². The van der Waals surface area contributed by atoms with E-state index in [0.717, 1.165) is 6.54 Å². The predicted octanol–water partition coefficient (Wildman–Crippen LogP) is 3.43. The summed E-state index contributed by atoms with van der Waals surface area (Å²) in [4.78, 5) is 4.17. The Morgan fingerprint density at radius 1 is 1.42 bits per heavy atom. The molecule has 0 bridgehead atoms. The highest BCUT2D eigenvalue weighted by Crippen LogP contribution is 2.26. The molecule has 0 aliphatic heterocycles. The number of aromatic nitrogens is 1. The van der Waals surface area contributed by atoms with Crippen LogP contribution in [0.2, 0.25) is 5.02 Å². The van der Waals surface area contributed by atoms with E-state index in [1.54, 1.807) is 18.3 Å². The largest absolute Gasteiger partial charge is 0.441 e. The van der Waals surface area contributed by atoms with Crippen molar-refractivity contribution in [2.24, 2.45) is 0 Å². The summed E-state index contributed by atoms with van der Waals surface area (Å²) in [5.74, 6) is 0.666. The van der Waals surface area contributed by atoms with Crippen LogP contribution in [0.15, 0.2) is 28.8 Å². The lowest BCUT2D eigenvalue weighted by atomic mass is 10.2. The summed E-state index contributed by atoms with van der Waals surface area (Å²) in [6.07, 6.45) is 4.78. The first-order chi connectivity index (χ1) is 9.22. The van der Waals surface area contributed by atoms with Gasteiger partial charge in [0.1, 0.15) is 5.82 Å². The van der Waals surface area contributed by atoms with Crippen molar-refractivity contribution in [2.45, 2.75) is 25.3 Å². The molecule has 1 heterocycles. The number of nitrogens with zero attached hydrogens (tertiary/aromatic N) is 1. The van der Waals surface area contributed by atoms with Gasteiger partial charge in [-0.3, -0.25) is 0 Å². The Morgan fingerprint density at radius 2 is 2.26 bits per heavy atom. The summed E-state index contributed by atoms with van der Waals surface area (Å²) in [6, 6.07) is 5.18. The molecule has 1 fully saturated rings. The zero-order valence-electron chi connectivity index (χ0n) is 10.3. The molecule has 1 aliphatic carbocycles. The molecule has 3 rings (SSSR count). The van der Waals surface area contributed by atoms with Crippen molar-refractivity contribution in [1.29, 1.82) is 0 Å². The van der Waals surface area contributed by atoms with Crippen LogP contribution in [0.3, 0.4) is 0 Å². The summed E-state index contributed by atoms with van der Waals surface area (Å²) in [5.41, 5.74) is 0.387. The first kappa shape index (κ1) is 12.6. The average Bonchev–Trinajstić information content (AvgIpc) is 3.07. The number of rotatable bonds is 5. The van der Waals surface area contributed by atoms with Crippen LogP contribution in [0.4, 0.5) is 4.39 Å². The summed E-state index contributed by atoms with van der Waals surface area (Å²) < 4.78 is 19.3. The lowest BCUT2D eigenvalue weighted by molar-refractivity contribution is 0.491. The highest BCUT2D eigenvalue weighted by atomic mass is 35.5. The van der Waals surface area contributed by atoms with E-state index in [9.17, 15) is 4.39 Å². The maximum atomic E-state index is 13.7.